The van der Waals surface area contributed by atoms with E-state index in [4.69, 9.17) is 0 Å². The summed E-state index contributed by atoms with van der Waals surface area (Å²) in [6, 6.07) is 5.46. The van der Waals surface area contributed by atoms with Crippen molar-refractivity contribution in [3.8, 4) is 5.75 Å². The van der Waals surface area contributed by atoms with Gasteiger partial charge < -0.3 is 15.0 Å². The highest BCUT2D eigenvalue weighted by atomic mass is 35.5. The molecule has 1 heterocycles. The zero-order valence-corrected chi connectivity index (χ0v) is 10.6. The molecule has 0 spiro atoms. The molecule has 1 aliphatic heterocycles. The predicted octanol–water partition coefficient (Wildman–Crippen LogP) is 1.94. The van der Waals surface area contributed by atoms with E-state index in [0.29, 0.717) is 18.8 Å². The van der Waals surface area contributed by atoms with Gasteiger partial charge in [0.2, 0.25) is 5.91 Å². The first-order chi connectivity index (χ1) is 8.44. The minimum absolute atomic E-state index is 0. The van der Waals surface area contributed by atoms with Crippen LogP contribution in [0, 0.1) is 0 Å². The highest BCUT2D eigenvalue weighted by Crippen LogP contribution is 2.25. The fourth-order valence-electron chi connectivity index (χ4n) is 1.72. The molecule has 0 bridgehead atoms. The Bertz CT molecular complexity index is 437. The Morgan fingerprint density at radius 1 is 1.21 bits per heavy atom. The van der Waals surface area contributed by atoms with E-state index >= 15 is 0 Å². The number of halogens is 4. The third kappa shape index (κ3) is 4.51. The molecule has 0 unspecified atom stereocenters. The number of anilines is 1. The van der Waals surface area contributed by atoms with Crippen LogP contribution in [0.5, 0.6) is 5.75 Å². The van der Waals surface area contributed by atoms with Gasteiger partial charge in [-0.3, -0.25) is 4.79 Å². The average Bonchev–Trinajstić information content (AvgIpc) is 2.28. The molecule has 1 aromatic rings. The second-order valence-electron chi connectivity index (χ2n) is 3.81. The van der Waals surface area contributed by atoms with Crippen LogP contribution in [0.2, 0.25) is 0 Å². The first-order valence-electron chi connectivity index (χ1n) is 5.31. The van der Waals surface area contributed by atoms with Gasteiger partial charge in [-0.2, -0.15) is 0 Å². The average molecular weight is 297 g/mol. The van der Waals surface area contributed by atoms with Crippen LogP contribution in [0.1, 0.15) is 0 Å². The number of rotatable bonds is 2. The number of alkyl halides is 3. The highest BCUT2D eigenvalue weighted by molar-refractivity contribution is 5.85. The molecule has 1 saturated heterocycles. The van der Waals surface area contributed by atoms with Crippen molar-refractivity contribution in [1.29, 1.82) is 0 Å². The largest absolute Gasteiger partial charge is 0.573 e. The van der Waals surface area contributed by atoms with E-state index in [9.17, 15) is 18.0 Å². The number of nitrogens with zero attached hydrogens (tertiary/aromatic N) is 1. The minimum atomic E-state index is -4.69. The number of carbonyl (C=O) groups excluding carboxylic acids is 1. The van der Waals surface area contributed by atoms with Gasteiger partial charge >= 0.3 is 6.36 Å². The molecule has 19 heavy (non-hydrogen) atoms. The summed E-state index contributed by atoms with van der Waals surface area (Å²) in [5.74, 6) is -0.371. The summed E-state index contributed by atoms with van der Waals surface area (Å²) in [4.78, 5) is 13.0. The maximum atomic E-state index is 12.0. The van der Waals surface area contributed by atoms with Crippen molar-refractivity contribution < 1.29 is 22.7 Å². The van der Waals surface area contributed by atoms with Crippen molar-refractivity contribution in [2.75, 3.05) is 24.5 Å². The molecule has 1 aromatic carbocycles. The number of ether oxygens (including phenoxy) is 1. The molecule has 1 aliphatic rings. The van der Waals surface area contributed by atoms with Gasteiger partial charge in [0.1, 0.15) is 5.75 Å². The lowest BCUT2D eigenvalue weighted by atomic mass is 10.2. The summed E-state index contributed by atoms with van der Waals surface area (Å²) in [5, 5.41) is 2.67. The van der Waals surface area contributed by atoms with E-state index in [1.807, 2.05) is 0 Å². The van der Waals surface area contributed by atoms with E-state index in [1.165, 1.54) is 24.3 Å². The van der Waals surface area contributed by atoms with E-state index < -0.39 is 6.36 Å². The van der Waals surface area contributed by atoms with Gasteiger partial charge in [0, 0.05) is 18.8 Å². The normalized spacial score (nSPS) is 15.5. The van der Waals surface area contributed by atoms with Gasteiger partial charge in [-0.15, -0.1) is 25.6 Å². The molecule has 4 nitrogen and oxygen atoms in total. The maximum Gasteiger partial charge on any atom is 0.573 e. The standard InChI is InChI=1S/C11H11F3N2O2.ClH/c12-11(13,14)18-9-3-1-8(2-4-9)16-6-5-15-10(17)7-16;/h1-4H,5-7H2,(H,15,17);1H. The second kappa shape index (κ2) is 6.01. The molecule has 1 N–H and O–H groups in total. The predicted molar refractivity (Wildman–Crippen MR) is 65.6 cm³/mol. The molecular weight excluding hydrogens is 285 g/mol. The van der Waals surface area contributed by atoms with E-state index in [2.05, 4.69) is 10.1 Å². The smallest absolute Gasteiger partial charge is 0.406 e. The van der Waals surface area contributed by atoms with Gasteiger partial charge in [-0.1, -0.05) is 0 Å². The SMILES string of the molecule is Cl.O=C1CN(c2ccc(OC(F)(F)F)cc2)CCN1. The van der Waals surface area contributed by atoms with Crippen LogP contribution in [0.3, 0.4) is 0 Å². The van der Waals surface area contributed by atoms with Crippen LogP contribution in [0.15, 0.2) is 24.3 Å². The quantitative estimate of drug-likeness (QED) is 0.907. The monoisotopic (exact) mass is 296 g/mol. The fraction of sp³-hybridized carbons (Fsp3) is 0.364. The van der Waals surface area contributed by atoms with Crippen molar-refractivity contribution in [2.24, 2.45) is 0 Å². The highest BCUT2D eigenvalue weighted by Gasteiger charge is 2.31. The van der Waals surface area contributed by atoms with E-state index in [0.717, 1.165) is 0 Å². The van der Waals surface area contributed by atoms with Crippen LogP contribution in [0.25, 0.3) is 0 Å². The molecular formula is C11H12ClF3N2O2. The van der Waals surface area contributed by atoms with Crippen LogP contribution in [-0.2, 0) is 4.79 Å². The molecule has 106 valence electrons. The summed E-state index contributed by atoms with van der Waals surface area (Å²) in [7, 11) is 0. The molecule has 8 heteroatoms. The maximum absolute atomic E-state index is 12.0. The number of hydrogen-bond acceptors (Lipinski definition) is 3. The fourth-order valence-corrected chi connectivity index (χ4v) is 1.72. The third-order valence-electron chi connectivity index (χ3n) is 2.47. The van der Waals surface area contributed by atoms with E-state index in [-0.39, 0.29) is 30.6 Å². The Kier molecular flexibility index (Phi) is 4.88. The summed E-state index contributed by atoms with van der Waals surface area (Å²) in [6.07, 6.45) is -4.69. The van der Waals surface area contributed by atoms with Crippen LogP contribution in [0.4, 0.5) is 18.9 Å². The molecule has 0 saturated carbocycles. The molecule has 2 rings (SSSR count). The third-order valence-corrected chi connectivity index (χ3v) is 2.47. The summed E-state index contributed by atoms with van der Waals surface area (Å²) < 4.78 is 39.7. The molecule has 0 aliphatic carbocycles. The Morgan fingerprint density at radius 2 is 1.84 bits per heavy atom. The van der Waals surface area contributed by atoms with Gasteiger partial charge in [0.25, 0.3) is 0 Å². The first-order valence-corrected chi connectivity index (χ1v) is 5.31. The van der Waals surface area contributed by atoms with Crippen molar-refractivity contribution in [3.63, 3.8) is 0 Å². The van der Waals surface area contributed by atoms with Crippen molar-refractivity contribution in [3.05, 3.63) is 24.3 Å². The lowest BCUT2D eigenvalue weighted by Crippen LogP contribution is -2.47. The number of nitrogens with one attached hydrogen (secondary N) is 1. The van der Waals surface area contributed by atoms with Crippen LogP contribution >= 0.6 is 12.4 Å². The lowest BCUT2D eigenvalue weighted by molar-refractivity contribution is -0.274. The van der Waals surface area contributed by atoms with Gasteiger partial charge in [-0.25, -0.2) is 0 Å². The Labute approximate surface area is 113 Å². The van der Waals surface area contributed by atoms with Gasteiger partial charge in [0.05, 0.1) is 6.54 Å². The number of carbonyl (C=O) groups is 1. The molecule has 1 amide bonds. The van der Waals surface area contributed by atoms with E-state index in [1.54, 1.807) is 4.90 Å². The summed E-state index contributed by atoms with van der Waals surface area (Å²) in [6.45, 7) is 1.37. The number of amides is 1. The number of hydrogen-bond donors (Lipinski definition) is 1. The summed E-state index contributed by atoms with van der Waals surface area (Å²) in [5.41, 5.74) is 0.694. The number of piperazine rings is 1. The Balaban J connectivity index is 0.00000180. The summed E-state index contributed by atoms with van der Waals surface area (Å²) >= 11 is 0. The molecule has 0 atom stereocenters. The van der Waals surface area contributed by atoms with Crippen molar-refractivity contribution in [2.45, 2.75) is 6.36 Å². The zero-order valence-electron chi connectivity index (χ0n) is 9.74. The van der Waals surface area contributed by atoms with Gasteiger partial charge in [-0.05, 0) is 24.3 Å². The second-order valence-corrected chi connectivity index (χ2v) is 3.81. The minimum Gasteiger partial charge on any atom is -0.406 e. The lowest BCUT2D eigenvalue weighted by Gasteiger charge is -2.28. The van der Waals surface area contributed by atoms with Crippen LogP contribution < -0.4 is 15.0 Å². The topological polar surface area (TPSA) is 41.6 Å². The van der Waals surface area contributed by atoms with Crippen molar-refractivity contribution in [1.82, 2.24) is 5.32 Å². The molecule has 0 aromatic heterocycles. The zero-order chi connectivity index (χ0) is 13.2. The molecule has 0 radical (unpaired) electrons. The van der Waals surface area contributed by atoms with Gasteiger partial charge in [0.15, 0.2) is 0 Å². The molecule has 1 fully saturated rings. The van der Waals surface area contributed by atoms with Crippen molar-refractivity contribution >= 4 is 24.0 Å². The first kappa shape index (κ1) is 15.4. The Hall–Kier alpha value is -1.63. The Morgan fingerprint density at radius 3 is 2.37 bits per heavy atom. The van der Waals surface area contributed by atoms with Crippen LogP contribution in [-0.4, -0.2) is 31.9 Å². The number of benzene rings is 1.